The second-order valence-electron chi connectivity index (χ2n) is 4.08. The van der Waals surface area contributed by atoms with Crippen molar-refractivity contribution in [3.63, 3.8) is 0 Å². The van der Waals surface area contributed by atoms with Crippen molar-refractivity contribution in [1.82, 2.24) is 4.90 Å². The van der Waals surface area contributed by atoms with E-state index >= 15 is 0 Å². The predicted molar refractivity (Wildman–Crippen MR) is 53.9 cm³/mol. The molecule has 1 aliphatic heterocycles. The van der Waals surface area contributed by atoms with E-state index in [4.69, 9.17) is 9.52 Å². The van der Waals surface area contributed by atoms with E-state index in [1.165, 1.54) is 0 Å². The predicted octanol–water partition coefficient (Wildman–Crippen LogP) is 1.40. The fraction of sp³-hybridized carbons (Fsp3) is 0.636. The lowest BCUT2D eigenvalue weighted by molar-refractivity contribution is 0.215. The Morgan fingerprint density at radius 3 is 3.00 bits per heavy atom. The van der Waals surface area contributed by atoms with E-state index in [0.29, 0.717) is 12.5 Å². The minimum absolute atomic E-state index is 0.313. The number of nitrogens with zero attached hydrogens (tertiary/aromatic N) is 1. The molecule has 0 radical (unpaired) electrons. The number of likely N-dealkylation sites (tertiary alicyclic amines) is 1. The average Bonchev–Trinajstić information content (AvgIpc) is 2.76. The Bertz CT molecular complexity index is 295. The van der Waals surface area contributed by atoms with Crippen LogP contribution in [0.5, 0.6) is 0 Å². The summed E-state index contributed by atoms with van der Waals surface area (Å²) in [5.74, 6) is 2.46. The SMILES string of the molecule is Cc1ccc(CN2CCC(CO)C2)o1. The molecule has 0 spiro atoms. The van der Waals surface area contributed by atoms with Crippen molar-refractivity contribution in [1.29, 1.82) is 0 Å². The molecule has 2 rings (SSSR count). The highest BCUT2D eigenvalue weighted by molar-refractivity contribution is 5.05. The standard InChI is InChI=1S/C11H17NO2/c1-9-2-3-11(14-9)7-12-5-4-10(6-12)8-13/h2-3,10,13H,4-8H2,1H3. The highest BCUT2D eigenvalue weighted by atomic mass is 16.3. The molecule has 3 nitrogen and oxygen atoms in total. The van der Waals surface area contributed by atoms with Crippen LogP contribution in [0.1, 0.15) is 17.9 Å². The Morgan fingerprint density at radius 1 is 1.57 bits per heavy atom. The lowest BCUT2D eigenvalue weighted by atomic mass is 10.1. The molecule has 1 aliphatic rings. The van der Waals surface area contributed by atoms with Gasteiger partial charge in [0.15, 0.2) is 0 Å². The van der Waals surface area contributed by atoms with Crippen LogP contribution in [0.15, 0.2) is 16.5 Å². The molecule has 78 valence electrons. The number of aryl methyl sites for hydroxylation is 1. The minimum atomic E-state index is 0.313. The smallest absolute Gasteiger partial charge is 0.118 e. The molecule has 0 saturated carbocycles. The quantitative estimate of drug-likeness (QED) is 0.792. The third-order valence-electron chi connectivity index (χ3n) is 2.80. The van der Waals surface area contributed by atoms with Gasteiger partial charge in [-0.05, 0) is 37.9 Å². The highest BCUT2D eigenvalue weighted by Crippen LogP contribution is 2.18. The fourth-order valence-electron chi connectivity index (χ4n) is 2.00. The van der Waals surface area contributed by atoms with Crippen LogP contribution in [0, 0.1) is 12.8 Å². The first-order chi connectivity index (χ1) is 6.78. The summed E-state index contributed by atoms with van der Waals surface area (Å²) in [6, 6.07) is 4.02. The van der Waals surface area contributed by atoms with Crippen molar-refractivity contribution < 1.29 is 9.52 Å². The van der Waals surface area contributed by atoms with E-state index in [-0.39, 0.29) is 0 Å². The monoisotopic (exact) mass is 195 g/mol. The van der Waals surface area contributed by atoms with Gasteiger partial charge in [0.2, 0.25) is 0 Å². The van der Waals surface area contributed by atoms with E-state index in [0.717, 1.165) is 37.6 Å². The Kier molecular flexibility index (Phi) is 2.89. The second kappa shape index (κ2) is 4.15. The summed E-state index contributed by atoms with van der Waals surface area (Å²) >= 11 is 0. The lowest BCUT2D eigenvalue weighted by Crippen LogP contribution is -2.20. The largest absolute Gasteiger partial charge is 0.465 e. The molecule has 0 bridgehead atoms. The van der Waals surface area contributed by atoms with Gasteiger partial charge in [0.05, 0.1) is 6.54 Å². The number of furan rings is 1. The highest BCUT2D eigenvalue weighted by Gasteiger charge is 2.22. The van der Waals surface area contributed by atoms with Gasteiger partial charge in [-0.2, -0.15) is 0 Å². The van der Waals surface area contributed by atoms with Crippen LogP contribution >= 0.6 is 0 Å². The van der Waals surface area contributed by atoms with E-state index in [2.05, 4.69) is 4.90 Å². The van der Waals surface area contributed by atoms with Crippen LogP contribution in [0.3, 0.4) is 0 Å². The lowest BCUT2D eigenvalue weighted by Gasteiger charge is -2.13. The molecule has 0 aliphatic carbocycles. The first-order valence-corrected chi connectivity index (χ1v) is 5.16. The van der Waals surface area contributed by atoms with Gasteiger partial charge in [0.1, 0.15) is 11.5 Å². The molecule has 1 unspecified atom stereocenters. The van der Waals surface area contributed by atoms with Crippen LogP contribution in [-0.2, 0) is 6.54 Å². The van der Waals surface area contributed by atoms with Crippen LogP contribution in [0.4, 0.5) is 0 Å². The number of aliphatic hydroxyl groups excluding tert-OH is 1. The zero-order chi connectivity index (χ0) is 9.97. The molecule has 1 saturated heterocycles. The van der Waals surface area contributed by atoms with Gasteiger partial charge < -0.3 is 9.52 Å². The molecule has 0 amide bonds. The summed E-state index contributed by atoms with van der Waals surface area (Å²) < 4.78 is 5.51. The van der Waals surface area contributed by atoms with Crippen LogP contribution in [0.25, 0.3) is 0 Å². The topological polar surface area (TPSA) is 36.6 Å². The van der Waals surface area contributed by atoms with Crippen molar-refractivity contribution in [3.8, 4) is 0 Å². The third-order valence-corrected chi connectivity index (χ3v) is 2.80. The molecule has 1 fully saturated rings. The summed E-state index contributed by atoms with van der Waals surface area (Å²) in [7, 11) is 0. The summed E-state index contributed by atoms with van der Waals surface area (Å²) in [5, 5.41) is 9.00. The molecule has 3 heteroatoms. The zero-order valence-corrected chi connectivity index (χ0v) is 8.57. The summed E-state index contributed by atoms with van der Waals surface area (Å²) in [6.07, 6.45) is 1.11. The molecule has 1 N–H and O–H groups in total. The molecular formula is C11H17NO2. The van der Waals surface area contributed by atoms with Crippen molar-refractivity contribution in [3.05, 3.63) is 23.7 Å². The minimum Gasteiger partial charge on any atom is -0.465 e. The Labute approximate surface area is 84.3 Å². The van der Waals surface area contributed by atoms with Crippen LogP contribution in [-0.4, -0.2) is 29.7 Å². The summed E-state index contributed by atoms with van der Waals surface area (Å²) in [6.45, 7) is 5.23. The maximum absolute atomic E-state index is 9.00. The van der Waals surface area contributed by atoms with Crippen molar-refractivity contribution >= 4 is 0 Å². The van der Waals surface area contributed by atoms with E-state index in [1.807, 2.05) is 19.1 Å². The fourth-order valence-corrected chi connectivity index (χ4v) is 2.00. The molecule has 1 aromatic rings. The average molecular weight is 195 g/mol. The summed E-state index contributed by atoms with van der Waals surface area (Å²) in [5.41, 5.74) is 0. The normalized spacial score (nSPS) is 23.1. The van der Waals surface area contributed by atoms with Crippen molar-refractivity contribution in [2.45, 2.75) is 19.9 Å². The first-order valence-electron chi connectivity index (χ1n) is 5.16. The van der Waals surface area contributed by atoms with Gasteiger partial charge in [0, 0.05) is 13.2 Å². The maximum atomic E-state index is 9.00. The number of hydrogen-bond acceptors (Lipinski definition) is 3. The molecule has 0 aromatic carbocycles. The van der Waals surface area contributed by atoms with Gasteiger partial charge >= 0.3 is 0 Å². The number of hydrogen-bond donors (Lipinski definition) is 1. The Morgan fingerprint density at radius 2 is 2.43 bits per heavy atom. The van der Waals surface area contributed by atoms with Crippen molar-refractivity contribution in [2.24, 2.45) is 5.92 Å². The van der Waals surface area contributed by atoms with Gasteiger partial charge in [-0.15, -0.1) is 0 Å². The zero-order valence-electron chi connectivity index (χ0n) is 8.57. The van der Waals surface area contributed by atoms with Crippen LogP contribution in [0.2, 0.25) is 0 Å². The van der Waals surface area contributed by atoms with Gasteiger partial charge in [-0.1, -0.05) is 0 Å². The van der Waals surface area contributed by atoms with Crippen LogP contribution < -0.4 is 0 Å². The van der Waals surface area contributed by atoms with E-state index < -0.39 is 0 Å². The van der Waals surface area contributed by atoms with E-state index in [1.54, 1.807) is 0 Å². The third kappa shape index (κ3) is 2.16. The molecule has 1 atom stereocenters. The number of aliphatic hydroxyl groups is 1. The van der Waals surface area contributed by atoms with Gasteiger partial charge in [-0.25, -0.2) is 0 Å². The molecule has 1 aromatic heterocycles. The molecular weight excluding hydrogens is 178 g/mol. The number of rotatable bonds is 3. The second-order valence-corrected chi connectivity index (χ2v) is 4.08. The Balaban J connectivity index is 1.87. The van der Waals surface area contributed by atoms with Gasteiger partial charge in [0.25, 0.3) is 0 Å². The summed E-state index contributed by atoms with van der Waals surface area (Å²) in [4.78, 5) is 2.33. The van der Waals surface area contributed by atoms with Crippen molar-refractivity contribution in [2.75, 3.05) is 19.7 Å². The first kappa shape index (κ1) is 9.74. The van der Waals surface area contributed by atoms with E-state index in [9.17, 15) is 0 Å². The molecule has 2 heterocycles. The molecule has 14 heavy (non-hydrogen) atoms. The van der Waals surface area contributed by atoms with Gasteiger partial charge in [-0.3, -0.25) is 4.90 Å². The maximum Gasteiger partial charge on any atom is 0.118 e. The Hall–Kier alpha value is -0.800.